The number of carbonyl (C=O) groups excluding carboxylic acids is 3. The SMILES string of the molecule is C/C(=C\[C@H](C(C)C)N(C)C(=O)CNC=O)C(=O)N1CCCC1.CCC.CN1CCCCC1.COC.COC. The second-order valence-electron chi connectivity index (χ2n) is 9.97. The van der Waals surface area contributed by atoms with Crippen molar-refractivity contribution in [3.05, 3.63) is 11.6 Å². The van der Waals surface area contributed by atoms with Gasteiger partial charge in [-0.05, 0) is 58.7 Å². The molecule has 0 aromatic heterocycles. The van der Waals surface area contributed by atoms with Crippen LogP contribution in [0, 0.1) is 5.92 Å². The highest BCUT2D eigenvalue weighted by Crippen LogP contribution is 2.16. The summed E-state index contributed by atoms with van der Waals surface area (Å²) < 4.78 is 8.50. The summed E-state index contributed by atoms with van der Waals surface area (Å²) in [6.07, 6.45) is 10.0. The molecule has 226 valence electrons. The van der Waals surface area contributed by atoms with Gasteiger partial charge in [-0.3, -0.25) is 14.4 Å². The average molecular weight is 545 g/mol. The molecule has 0 unspecified atom stereocenters. The molecule has 2 aliphatic rings. The molecule has 0 aromatic rings. The zero-order valence-electron chi connectivity index (χ0n) is 26.5. The monoisotopic (exact) mass is 544 g/mol. The van der Waals surface area contributed by atoms with Crippen LogP contribution in [-0.4, -0.2) is 114 Å². The molecule has 3 amide bonds. The number of nitrogens with zero attached hydrogens (tertiary/aromatic N) is 3. The third kappa shape index (κ3) is 22.1. The van der Waals surface area contributed by atoms with Gasteiger partial charge in [0.15, 0.2) is 0 Å². The predicted octanol–water partition coefficient (Wildman–Crippen LogP) is 3.83. The maximum atomic E-state index is 12.4. The molecule has 0 radical (unpaired) electrons. The van der Waals surface area contributed by atoms with Crippen LogP contribution in [0.15, 0.2) is 11.6 Å². The molecule has 0 aromatic carbocycles. The van der Waals surface area contributed by atoms with Crippen molar-refractivity contribution >= 4 is 18.2 Å². The van der Waals surface area contributed by atoms with Crippen molar-refractivity contribution in [2.75, 3.05) is 75.3 Å². The molecule has 1 N–H and O–H groups in total. The van der Waals surface area contributed by atoms with Crippen LogP contribution in [0.5, 0.6) is 0 Å². The Balaban J connectivity index is -0.000000620. The molecule has 2 rings (SSSR count). The fourth-order valence-electron chi connectivity index (χ4n) is 3.72. The van der Waals surface area contributed by atoms with E-state index in [1.54, 1.807) is 47.3 Å². The van der Waals surface area contributed by atoms with E-state index in [-0.39, 0.29) is 30.3 Å². The molecule has 1 atom stereocenters. The van der Waals surface area contributed by atoms with E-state index in [2.05, 4.69) is 40.6 Å². The van der Waals surface area contributed by atoms with Gasteiger partial charge in [-0.15, -0.1) is 0 Å². The first-order valence-electron chi connectivity index (χ1n) is 13.9. The lowest BCUT2D eigenvalue weighted by atomic mass is 9.99. The third-order valence-electron chi connectivity index (χ3n) is 5.59. The Labute approximate surface area is 234 Å². The number of rotatable bonds is 7. The highest BCUT2D eigenvalue weighted by Gasteiger charge is 2.24. The van der Waals surface area contributed by atoms with Gasteiger partial charge in [0.05, 0.1) is 12.6 Å². The zero-order chi connectivity index (χ0) is 29.9. The summed E-state index contributed by atoms with van der Waals surface area (Å²) in [7, 11) is 10.4. The van der Waals surface area contributed by atoms with E-state index in [1.165, 1.54) is 38.8 Å². The second-order valence-corrected chi connectivity index (χ2v) is 9.97. The molecule has 9 nitrogen and oxygen atoms in total. The Bertz CT molecular complexity index is 597. The number of hydrogen-bond donors (Lipinski definition) is 1. The van der Waals surface area contributed by atoms with Gasteiger partial charge in [-0.1, -0.05) is 46.6 Å². The second kappa shape index (κ2) is 28.0. The Hall–Kier alpha value is -1.97. The Morgan fingerprint density at radius 2 is 1.34 bits per heavy atom. The number of piperidine rings is 1. The number of hydrogen-bond acceptors (Lipinski definition) is 6. The highest BCUT2D eigenvalue weighted by molar-refractivity contribution is 5.93. The summed E-state index contributed by atoms with van der Waals surface area (Å²) in [6.45, 7) is 14.3. The number of nitrogens with one attached hydrogen (secondary N) is 1. The first-order chi connectivity index (χ1) is 18.0. The number of carbonyl (C=O) groups is 3. The van der Waals surface area contributed by atoms with Crippen LogP contribution in [-0.2, 0) is 23.9 Å². The largest absolute Gasteiger partial charge is 0.388 e. The summed E-state index contributed by atoms with van der Waals surface area (Å²) in [6, 6.07) is -0.174. The van der Waals surface area contributed by atoms with E-state index >= 15 is 0 Å². The summed E-state index contributed by atoms with van der Waals surface area (Å²) in [4.78, 5) is 40.5. The van der Waals surface area contributed by atoms with Gasteiger partial charge in [0.2, 0.25) is 18.2 Å². The average Bonchev–Trinajstić information content (AvgIpc) is 3.42. The molecule has 2 fully saturated rings. The molecule has 0 spiro atoms. The van der Waals surface area contributed by atoms with Crippen LogP contribution in [0.1, 0.15) is 73.1 Å². The van der Waals surface area contributed by atoms with E-state index in [1.807, 2.05) is 24.8 Å². The summed E-state index contributed by atoms with van der Waals surface area (Å²) >= 11 is 0. The molecular formula is C29H60N4O5. The van der Waals surface area contributed by atoms with Crippen LogP contribution in [0.2, 0.25) is 0 Å². The highest BCUT2D eigenvalue weighted by atomic mass is 16.5. The normalized spacial score (nSPS) is 15.7. The van der Waals surface area contributed by atoms with Crippen LogP contribution >= 0.6 is 0 Å². The minimum Gasteiger partial charge on any atom is -0.388 e. The van der Waals surface area contributed by atoms with E-state index < -0.39 is 0 Å². The van der Waals surface area contributed by atoms with Crippen molar-refractivity contribution in [2.24, 2.45) is 5.92 Å². The molecule has 9 heteroatoms. The third-order valence-corrected chi connectivity index (χ3v) is 5.59. The topological polar surface area (TPSA) is 91.4 Å². The fraction of sp³-hybridized carbons (Fsp3) is 0.828. The van der Waals surface area contributed by atoms with Crippen molar-refractivity contribution in [3.8, 4) is 0 Å². The molecule has 38 heavy (non-hydrogen) atoms. The van der Waals surface area contributed by atoms with Gasteiger partial charge in [-0.2, -0.15) is 0 Å². The number of amides is 3. The van der Waals surface area contributed by atoms with Gasteiger partial charge in [0, 0.05) is 54.1 Å². The molecule has 0 saturated carbocycles. The minimum absolute atomic E-state index is 0.0316. The van der Waals surface area contributed by atoms with Gasteiger partial charge in [-0.25, -0.2) is 0 Å². The quantitative estimate of drug-likeness (QED) is 0.387. The van der Waals surface area contributed by atoms with Gasteiger partial charge in [0.1, 0.15) is 0 Å². The van der Waals surface area contributed by atoms with Gasteiger partial charge in [0.25, 0.3) is 0 Å². The standard InChI is InChI=1S/C16H27N3O3.C6H13N.C3H8.2C2H6O/c1-12(2)14(18(4)15(21)10-17-11-20)9-13(3)16(22)19-7-5-6-8-19;1-7-5-3-2-4-6-7;3*1-3-2/h9,11-12,14H,5-8,10H2,1-4H3,(H,17,20);2-6H2,1H3;3H2,1-2H3;2*1-2H3/b13-9+;;;;/t14-;;;;/m1..../s1. The van der Waals surface area contributed by atoms with Crippen molar-refractivity contribution in [1.82, 2.24) is 20.0 Å². The fourth-order valence-corrected chi connectivity index (χ4v) is 3.72. The zero-order valence-corrected chi connectivity index (χ0v) is 26.5. The molecule has 0 bridgehead atoms. The first kappa shape index (κ1) is 40.5. The number of ether oxygens (including phenoxy) is 2. The maximum Gasteiger partial charge on any atom is 0.249 e. The summed E-state index contributed by atoms with van der Waals surface area (Å²) in [5.74, 6) is 0.0463. The van der Waals surface area contributed by atoms with E-state index in [4.69, 9.17) is 0 Å². The van der Waals surface area contributed by atoms with Crippen molar-refractivity contribution in [3.63, 3.8) is 0 Å². The molecule has 0 aliphatic carbocycles. The van der Waals surface area contributed by atoms with E-state index in [0.29, 0.717) is 12.0 Å². The predicted molar refractivity (Wildman–Crippen MR) is 158 cm³/mol. The van der Waals surface area contributed by atoms with Crippen LogP contribution < -0.4 is 5.32 Å². The summed E-state index contributed by atoms with van der Waals surface area (Å²) in [5.41, 5.74) is 0.670. The first-order valence-corrected chi connectivity index (χ1v) is 13.9. The Kier molecular flexibility index (Phi) is 29.9. The number of likely N-dealkylation sites (N-methyl/N-ethyl adjacent to an activating group) is 1. The van der Waals surface area contributed by atoms with E-state index in [0.717, 1.165) is 25.9 Å². The molecule has 2 heterocycles. The Morgan fingerprint density at radius 1 is 0.921 bits per heavy atom. The van der Waals surface area contributed by atoms with Gasteiger partial charge >= 0.3 is 0 Å². The molecule has 2 aliphatic heterocycles. The van der Waals surface area contributed by atoms with Crippen LogP contribution in [0.4, 0.5) is 0 Å². The lowest BCUT2D eigenvalue weighted by Gasteiger charge is -2.30. The van der Waals surface area contributed by atoms with Crippen molar-refractivity contribution < 1.29 is 23.9 Å². The molecule has 2 saturated heterocycles. The lowest BCUT2D eigenvalue weighted by Crippen LogP contribution is -2.43. The lowest BCUT2D eigenvalue weighted by molar-refractivity contribution is -0.132. The Morgan fingerprint density at radius 3 is 1.68 bits per heavy atom. The van der Waals surface area contributed by atoms with Crippen molar-refractivity contribution in [2.45, 2.75) is 79.2 Å². The number of likely N-dealkylation sites (tertiary alicyclic amines) is 2. The maximum absolute atomic E-state index is 12.4. The smallest absolute Gasteiger partial charge is 0.249 e. The minimum atomic E-state index is -0.177. The summed E-state index contributed by atoms with van der Waals surface area (Å²) in [5, 5.41) is 2.38. The van der Waals surface area contributed by atoms with Gasteiger partial charge < -0.3 is 29.5 Å². The van der Waals surface area contributed by atoms with Crippen LogP contribution in [0.25, 0.3) is 0 Å². The number of methoxy groups -OCH3 is 2. The van der Waals surface area contributed by atoms with Crippen molar-refractivity contribution in [1.29, 1.82) is 0 Å². The van der Waals surface area contributed by atoms with E-state index in [9.17, 15) is 14.4 Å². The van der Waals surface area contributed by atoms with Crippen LogP contribution in [0.3, 0.4) is 0 Å². The molecular weight excluding hydrogens is 484 g/mol.